The normalized spacial score (nSPS) is 18.9. The second kappa shape index (κ2) is 7.28. The predicted octanol–water partition coefficient (Wildman–Crippen LogP) is 0.467. The highest BCUT2D eigenvalue weighted by atomic mass is 19.4. The van der Waals surface area contributed by atoms with E-state index in [0.29, 0.717) is 4.90 Å². The Morgan fingerprint density at radius 3 is 2.57 bits per heavy atom. The van der Waals surface area contributed by atoms with Gasteiger partial charge in [0.2, 0.25) is 11.8 Å². The van der Waals surface area contributed by atoms with E-state index in [9.17, 15) is 27.6 Å². The molecule has 120 valence electrons. The number of alkyl halides is 3. The quantitative estimate of drug-likeness (QED) is 0.749. The molecule has 2 amide bonds. The molecule has 9 heteroatoms. The van der Waals surface area contributed by atoms with E-state index in [2.05, 4.69) is 10.1 Å². The van der Waals surface area contributed by atoms with Crippen molar-refractivity contribution in [2.24, 2.45) is 5.92 Å². The summed E-state index contributed by atoms with van der Waals surface area (Å²) >= 11 is 0. The van der Waals surface area contributed by atoms with Crippen molar-refractivity contribution in [2.75, 3.05) is 26.7 Å². The van der Waals surface area contributed by atoms with E-state index >= 15 is 0 Å². The van der Waals surface area contributed by atoms with E-state index in [1.165, 1.54) is 0 Å². The molecule has 0 radical (unpaired) electrons. The molecule has 1 unspecified atom stereocenters. The number of carbonyl (C=O) groups excluding carboxylic acids is 3. The highest BCUT2D eigenvalue weighted by Crippen LogP contribution is 2.20. The van der Waals surface area contributed by atoms with Gasteiger partial charge >= 0.3 is 12.1 Å². The first kappa shape index (κ1) is 17.3. The minimum absolute atomic E-state index is 0.0181. The van der Waals surface area contributed by atoms with Crippen LogP contribution in [0.15, 0.2) is 0 Å². The lowest BCUT2D eigenvalue weighted by Gasteiger charge is -2.29. The first-order chi connectivity index (χ1) is 9.73. The minimum atomic E-state index is -4.55. The van der Waals surface area contributed by atoms with Crippen molar-refractivity contribution in [3.63, 3.8) is 0 Å². The molecule has 1 N–H and O–H groups in total. The molecular weight excluding hydrogens is 293 g/mol. The average Bonchev–Trinajstić information content (AvgIpc) is 2.42. The number of piperidine rings is 1. The molecule has 1 saturated heterocycles. The molecule has 1 aliphatic rings. The Bertz CT molecular complexity index is 402. The third-order valence-corrected chi connectivity index (χ3v) is 3.11. The van der Waals surface area contributed by atoms with Gasteiger partial charge in [0, 0.05) is 19.5 Å². The van der Waals surface area contributed by atoms with Gasteiger partial charge in [0.05, 0.1) is 19.4 Å². The predicted molar refractivity (Wildman–Crippen MR) is 65.0 cm³/mol. The van der Waals surface area contributed by atoms with Crippen LogP contribution >= 0.6 is 0 Å². The van der Waals surface area contributed by atoms with Gasteiger partial charge in [0.1, 0.15) is 6.54 Å². The third kappa shape index (κ3) is 6.01. The van der Waals surface area contributed by atoms with Crippen molar-refractivity contribution in [3.8, 4) is 0 Å². The second-order valence-corrected chi connectivity index (χ2v) is 4.74. The highest BCUT2D eigenvalue weighted by molar-refractivity contribution is 5.84. The summed E-state index contributed by atoms with van der Waals surface area (Å²) in [6, 6.07) is 0. The van der Waals surface area contributed by atoms with Crippen LogP contribution in [0.5, 0.6) is 0 Å². The monoisotopic (exact) mass is 310 g/mol. The standard InChI is InChI=1S/C12H17F3N2O4/c1-21-10(19)4-5-17(7-12(13,14)15)11(20)8-2-3-9(18)16-6-8/h8H,2-7H2,1H3,(H,16,18). The van der Waals surface area contributed by atoms with Crippen molar-refractivity contribution in [1.29, 1.82) is 0 Å². The molecule has 1 rings (SSSR count). The number of carbonyl (C=O) groups is 3. The van der Waals surface area contributed by atoms with Crippen molar-refractivity contribution in [1.82, 2.24) is 10.2 Å². The summed E-state index contributed by atoms with van der Waals surface area (Å²) in [5.74, 6) is -2.32. The molecule has 6 nitrogen and oxygen atoms in total. The van der Waals surface area contributed by atoms with E-state index in [1.54, 1.807) is 0 Å². The molecule has 0 aromatic carbocycles. The zero-order valence-electron chi connectivity index (χ0n) is 11.5. The maximum absolute atomic E-state index is 12.5. The van der Waals surface area contributed by atoms with Crippen molar-refractivity contribution in [3.05, 3.63) is 0 Å². The lowest BCUT2D eigenvalue weighted by molar-refractivity contribution is -0.165. The van der Waals surface area contributed by atoms with Gasteiger partial charge in [0.25, 0.3) is 0 Å². The number of hydrogen-bond donors (Lipinski definition) is 1. The number of ether oxygens (including phenoxy) is 1. The largest absolute Gasteiger partial charge is 0.469 e. The van der Waals surface area contributed by atoms with Gasteiger partial charge < -0.3 is 15.0 Å². The molecule has 0 aromatic rings. The Hall–Kier alpha value is -1.80. The van der Waals surface area contributed by atoms with Gasteiger partial charge in [-0.3, -0.25) is 14.4 Å². The van der Waals surface area contributed by atoms with Gasteiger partial charge in [-0.05, 0) is 6.42 Å². The van der Waals surface area contributed by atoms with Gasteiger partial charge in [0.15, 0.2) is 0 Å². The fourth-order valence-electron chi connectivity index (χ4n) is 2.01. The smallest absolute Gasteiger partial charge is 0.406 e. The molecule has 1 aliphatic heterocycles. The topological polar surface area (TPSA) is 75.7 Å². The van der Waals surface area contributed by atoms with Crippen molar-refractivity contribution < 1.29 is 32.3 Å². The maximum Gasteiger partial charge on any atom is 0.406 e. The third-order valence-electron chi connectivity index (χ3n) is 3.11. The molecule has 0 saturated carbocycles. The number of amides is 2. The Kier molecular flexibility index (Phi) is 5.98. The second-order valence-electron chi connectivity index (χ2n) is 4.74. The Labute approximate surface area is 119 Å². The summed E-state index contributed by atoms with van der Waals surface area (Å²) in [5.41, 5.74) is 0. The molecule has 1 atom stereocenters. The van der Waals surface area contributed by atoms with Crippen LogP contribution in [-0.4, -0.2) is 55.6 Å². The van der Waals surface area contributed by atoms with Crippen LogP contribution in [0.25, 0.3) is 0 Å². The lowest BCUT2D eigenvalue weighted by Crippen LogP contribution is -2.48. The zero-order valence-corrected chi connectivity index (χ0v) is 11.5. The van der Waals surface area contributed by atoms with Crippen LogP contribution in [-0.2, 0) is 19.1 Å². The summed E-state index contributed by atoms with van der Waals surface area (Å²) in [6.45, 7) is -1.77. The lowest BCUT2D eigenvalue weighted by atomic mass is 9.97. The van der Waals surface area contributed by atoms with Gasteiger partial charge in [-0.15, -0.1) is 0 Å². The molecule has 0 spiro atoms. The summed E-state index contributed by atoms with van der Waals surface area (Å²) in [7, 11) is 1.12. The summed E-state index contributed by atoms with van der Waals surface area (Å²) < 4.78 is 41.9. The summed E-state index contributed by atoms with van der Waals surface area (Å²) in [5, 5.41) is 2.45. The Morgan fingerprint density at radius 2 is 2.10 bits per heavy atom. The molecule has 0 aromatic heterocycles. The Balaban J connectivity index is 2.67. The van der Waals surface area contributed by atoms with Crippen molar-refractivity contribution in [2.45, 2.75) is 25.4 Å². The first-order valence-corrected chi connectivity index (χ1v) is 6.42. The van der Waals surface area contributed by atoms with Gasteiger partial charge in [-0.25, -0.2) is 0 Å². The fraction of sp³-hybridized carbons (Fsp3) is 0.750. The van der Waals surface area contributed by atoms with E-state index in [0.717, 1.165) is 7.11 Å². The number of nitrogens with zero attached hydrogens (tertiary/aromatic N) is 1. The number of esters is 1. The number of halogens is 3. The number of rotatable bonds is 5. The van der Waals surface area contributed by atoms with E-state index < -0.39 is 30.5 Å². The maximum atomic E-state index is 12.5. The zero-order chi connectivity index (χ0) is 16.0. The van der Waals surface area contributed by atoms with E-state index in [1.807, 2.05) is 0 Å². The van der Waals surface area contributed by atoms with Crippen LogP contribution in [0.4, 0.5) is 13.2 Å². The van der Waals surface area contributed by atoms with Crippen LogP contribution < -0.4 is 5.32 Å². The molecular formula is C12H17F3N2O4. The number of methoxy groups -OCH3 is 1. The molecule has 1 fully saturated rings. The summed E-state index contributed by atoms with van der Waals surface area (Å²) in [6.07, 6.45) is -4.55. The van der Waals surface area contributed by atoms with Crippen LogP contribution in [0, 0.1) is 5.92 Å². The van der Waals surface area contributed by atoms with Crippen LogP contribution in [0.1, 0.15) is 19.3 Å². The Morgan fingerprint density at radius 1 is 1.43 bits per heavy atom. The van der Waals surface area contributed by atoms with Crippen molar-refractivity contribution >= 4 is 17.8 Å². The molecule has 0 bridgehead atoms. The van der Waals surface area contributed by atoms with Gasteiger partial charge in [-0.1, -0.05) is 0 Å². The molecule has 1 heterocycles. The molecule has 0 aliphatic carbocycles. The first-order valence-electron chi connectivity index (χ1n) is 6.42. The highest BCUT2D eigenvalue weighted by Gasteiger charge is 2.36. The van der Waals surface area contributed by atoms with Crippen LogP contribution in [0.3, 0.4) is 0 Å². The summed E-state index contributed by atoms with van der Waals surface area (Å²) in [4.78, 5) is 34.7. The minimum Gasteiger partial charge on any atom is -0.469 e. The molecule has 21 heavy (non-hydrogen) atoms. The van der Waals surface area contributed by atoms with Gasteiger partial charge in [-0.2, -0.15) is 13.2 Å². The number of nitrogens with one attached hydrogen (secondary N) is 1. The fourth-order valence-corrected chi connectivity index (χ4v) is 2.01. The van der Waals surface area contributed by atoms with E-state index in [4.69, 9.17) is 0 Å². The number of hydrogen-bond acceptors (Lipinski definition) is 4. The SMILES string of the molecule is COC(=O)CCN(CC(F)(F)F)C(=O)C1CCC(=O)NC1. The average molecular weight is 310 g/mol. The van der Waals surface area contributed by atoms with Crippen LogP contribution in [0.2, 0.25) is 0 Å². The van der Waals surface area contributed by atoms with E-state index in [-0.39, 0.29) is 38.3 Å².